The maximum atomic E-state index is 12.6. The van der Waals surface area contributed by atoms with E-state index in [2.05, 4.69) is 26.2 Å². The number of nitrogens with one attached hydrogen (secondary N) is 1. The second-order valence-corrected chi connectivity index (χ2v) is 7.39. The number of ether oxygens (including phenoxy) is 2. The molecule has 2 amide bonds. The lowest BCUT2D eigenvalue weighted by atomic mass is 10.2. The van der Waals surface area contributed by atoms with Crippen molar-refractivity contribution in [2.24, 2.45) is 0 Å². The van der Waals surface area contributed by atoms with Crippen LogP contribution in [0.1, 0.15) is 27.2 Å². The fourth-order valence-electron chi connectivity index (χ4n) is 2.43. The van der Waals surface area contributed by atoms with E-state index in [-0.39, 0.29) is 12.0 Å². The van der Waals surface area contributed by atoms with Crippen molar-refractivity contribution in [1.82, 2.24) is 9.88 Å². The normalized spacial score (nSPS) is 20.8. The molecule has 132 valence electrons. The molecule has 0 unspecified atom stereocenters. The second kappa shape index (κ2) is 7.48. The molecular formula is C16H22BrN3O4. The third kappa shape index (κ3) is 4.91. The van der Waals surface area contributed by atoms with E-state index >= 15 is 0 Å². The molecule has 2 atom stereocenters. The van der Waals surface area contributed by atoms with Crippen LogP contribution in [0.15, 0.2) is 22.8 Å². The van der Waals surface area contributed by atoms with Gasteiger partial charge in [-0.3, -0.25) is 9.69 Å². The molecule has 1 aromatic heterocycles. The first-order chi connectivity index (χ1) is 11.2. The Balaban J connectivity index is 2.12. The SMILES string of the molecule is CO[C@H]1C[C@@H](C(=O)Nc2cccc(Br)n2)N(C(=O)OC(C)(C)C)C1. The molecule has 0 spiro atoms. The summed E-state index contributed by atoms with van der Waals surface area (Å²) >= 11 is 3.26. The van der Waals surface area contributed by atoms with Crippen LogP contribution in [0, 0.1) is 0 Å². The van der Waals surface area contributed by atoms with Gasteiger partial charge in [-0.2, -0.15) is 0 Å². The van der Waals surface area contributed by atoms with Crippen molar-refractivity contribution >= 4 is 33.7 Å². The highest BCUT2D eigenvalue weighted by atomic mass is 79.9. The standard InChI is InChI=1S/C16H22BrN3O4/c1-16(2,3)24-15(22)20-9-10(23-4)8-11(20)14(21)19-13-7-5-6-12(17)18-13/h5-7,10-11H,8-9H2,1-4H3,(H,18,19,21)/t10-,11-/m0/s1. The Morgan fingerprint density at radius 1 is 1.38 bits per heavy atom. The molecule has 1 aromatic rings. The number of likely N-dealkylation sites (tertiary alicyclic amines) is 1. The van der Waals surface area contributed by atoms with Crippen molar-refractivity contribution < 1.29 is 19.1 Å². The van der Waals surface area contributed by atoms with E-state index in [1.807, 2.05) is 0 Å². The quantitative estimate of drug-likeness (QED) is 0.790. The fourth-order valence-corrected chi connectivity index (χ4v) is 2.77. The van der Waals surface area contributed by atoms with Gasteiger partial charge in [0.2, 0.25) is 5.91 Å². The topological polar surface area (TPSA) is 80.8 Å². The molecule has 24 heavy (non-hydrogen) atoms. The second-order valence-electron chi connectivity index (χ2n) is 6.58. The van der Waals surface area contributed by atoms with Crippen molar-refractivity contribution in [2.45, 2.75) is 44.9 Å². The summed E-state index contributed by atoms with van der Waals surface area (Å²) in [7, 11) is 1.56. The molecule has 1 saturated heterocycles. The molecule has 2 rings (SSSR count). The maximum absolute atomic E-state index is 12.6. The molecule has 0 radical (unpaired) electrons. The van der Waals surface area contributed by atoms with Gasteiger partial charge in [0.05, 0.1) is 12.6 Å². The summed E-state index contributed by atoms with van der Waals surface area (Å²) in [5.41, 5.74) is -0.630. The van der Waals surface area contributed by atoms with Crippen molar-refractivity contribution in [3.8, 4) is 0 Å². The Bertz CT molecular complexity index is 618. The summed E-state index contributed by atoms with van der Waals surface area (Å²) in [6.45, 7) is 5.68. The zero-order valence-corrected chi connectivity index (χ0v) is 15.8. The Labute approximate surface area is 149 Å². The first kappa shape index (κ1) is 18.7. The van der Waals surface area contributed by atoms with Crippen LogP contribution in [-0.2, 0) is 14.3 Å². The van der Waals surface area contributed by atoms with Crippen molar-refractivity contribution in [3.63, 3.8) is 0 Å². The van der Waals surface area contributed by atoms with Crippen LogP contribution in [0.25, 0.3) is 0 Å². The largest absolute Gasteiger partial charge is 0.444 e. The number of anilines is 1. The lowest BCUT2D eigenvalue weighted by Gasteiger charge is -2.27. The number of nitrogens with zero attached hydrogens (tertiary/aromatic N) is 2. The molecule has 0 bridgehead atoms. The summed E-state index contributed by atoms with van der Waals surface area (Å²) in [5.74, 6) is 0.102. The zero-order valence-electron chi connectivity index (χ0n) is 14.2. The van der Waals surface area contributed by atoms with Crippen LogP contribution in [0.3, 0.4) is 0 Å². The van der Waals surface area contributed by atoms with Gasteiger partial charge in [0.25, 0.3) is 0 Å². The van der Waals surface area contributed by atoms with Gasteiger partial charge in [0.15, 0.2) is 0 Å². The van der Waals surface area contributed by atoms with E-state index in [1.54, 1.807) is 46.1 Å². The van der Waals surface area contributed by atoms with Gasteiger partial charge in [-0.15, -0.1) is 0 Å². The highest BCUT2D eigenvalue weighted by Crippen LogP contribution is 2.24. The summed E-state index contributed by atoms with van der Waals surface area (Å²) in [5, 5.41) is 2.73. The molecule has 7 nitrogen and oxygen atoms in total. The van der Waals surface area contributed by atoms with Crippen LogP contribution in [-0.4, -0.2) is 53.3 Å². The lowest BCUT2D eigenvalue weighted by molar-refractivity contribution is -0.120. The maximum Gasteiger partial charge on any atom is 0.411 e. The average molecular weight is 400 g/mol. The molecule has 8 heteroatoms. The van der Waals surface area contributed by atoms with E-state index in [0.717, 1.165) is 0 Å². The zero-order chi connectivity index (χ0) is 17.9. The van der Waals surface area contributed by atoms with Gasteiger partial charge >= 0.3 is 6.09 Å². The van der Waals surface area contributed by atoms with E-state index in [1.165, 1.54) is 4.90 Å². The van der Waals surface area contributed by atoms with Gasteiger partial charge in [0.1, 0.15) is 22.1 Å². The number of amides is 2. The minimum Gasteiger partial charge on any atom is -0.444 e. The number of hydrogen-bond acceptors (Lipinski definition) is 5. The number of pyridine rings is 1. The Morgan fingerprint density at radius 2 is 2.08 bits per heavy atom. The van der Waals surface area contributed by atoms with Gasteiger partial charge in [-0.1, -0.05) is 6.07 Å². The monoisotopic (exact) mass is 399 g/mol. The molecule has 2 heterocycles. The highest BCUT2D eigenvalue weighted by molar-refractivity contribution is 9.10. The first-order valence-electron chi connectivity index (χ1n) is 7.65. The number of carbonyl (C=O) groups is 2. The molecule has 0 aromatic carbocycles. The number of halogens is 1. The molecule has 1 N–H and O–H groups in total. The van der Waals surface area contributed by atoms with Gasteiger partial charge in [-0.25, -0.2) is 9.78 Å². The Kier molecular flexibility index (Phi) is 5.82. The van der Waals surface area contributed by atoms with Crippen molar-refractivity contribution in [2.75, 3.05) is 19.0 Å². The minimum absolute atomic E-state index is 0.205. The van der Waals surface area contributed by atoms with Gasteiger partial charge in [0, 0.05) is 13.5 Å². The van der Waals surface area contributed by atoms with E-state index in [0.29, 0.717) is 23.4 Å². The summed E-state index contributed by atoms with van der Waals surface area (Å²) in [6.07, 6.45) is -0.316. The summed E-state index contributed by atoms with van der Waals surface area (Å²) in [6, 6.07) is 4.55. The smallest absolute Gasteiger partial charge is 0.411 e. The summed E-state index contributed by atoms with van der Waals surface area (Å²) < 4.78 is 11.3. The summed E-state index contributed by atoms with van der Waals surface area (Å²) in [4.78, 5) is 30.6. The van der Waals surface area contributed by atoms with Gasteiger partial charge in [-0.05, 0) is 48.8 Å². The van der Waals surface area contributed by atoms with Crippen LogP contribution in [0.2, 0.25) is 0 Å². The Hall–Kier alpha value is -1.67. The van der Waals surface area contributed by atoms with Crippen LogP contribution in [0.4, 0.5) is 10.6 Å². The highest BCUT2D eigenvalue weighted by Gasteiger charge is 2.41. The van der Waals surface area contributed by atoms with Crippen molar-refractivity contribution in [1.29, 1.82) is 0 Å². The number of aromatic nitrogens is 1. The molecule has 1 aliphatic heterocycles. The number of hydrogen-bond donors (Lipinski definition) is 1. The lowest BCUT2D eigenvalue weighted by Crippen LogP contribution is -2.45. The average Bonchev–Trinajstić information content (AvgIpc) is 2.90. The van der Waals surface area contributed by atoms with Crippen molar-refractivity contribution in [3.05, 3.63) is 22.8 Å². The number of carbonyl (C=O) groups excluding carboxylic acids is 2. The third-order valence-corrected chi connectivity index (χ3v) is 3.93. The molecule has 1 fully saturated rings. The molecule has 1 aliphatic rings. The molecular weight excluding hydrogens is 378 g/mol. The number of rotatable bonds is 3. The predicted molar refractivity (Wildman–Crippen MR) is 92.7 cm³/mol. The van der Waals surface area contributed by atoms with Gasteiger partial charge < -0.3 is 14.8 Å². The molecule has 0 aliphatic carbocycles. The van der Waals surface area contributed by atoms with Crippen LogP contribution < -0.4 is 5.32 Å². The minimum atomic E-state index is -0.661. The molecule has 0 saturated carbocycles. The predicted octanol–water partition coefficient (Wildman–Crippen LogP) is 2.81. The van der Waals surface area contributed by atoms with Crippen LogP contribution >= 0.6 is 15.9 Å². The van der Waals surface area contributed by atoms with E-state index < -0.39 is 17.7 Å². The van der Waals surface area contributed by atoms with E-state index in [9.17, 15) is 9.59 Å². The van der Waals surface area contributed by atoms with E-state index in [4.69, 9.17) is 9.47 Å². The van der Waals surface area contributed by atoms with Crippen LogP contribution in [0.5, 0.6) is 0 Å². The fraction of sp³-hybridized carbons (Fsp3) is 0.562. The first-order valence-corrected chi connectivity index (χ1v) is 8.45. The number of methoxy groups -OCH3 is 1. The third-order valence-electron chi connectivity index (χ3n) is 3.49. The Morgan fingerprint density at radius 3 is 2.67 bits per heavy atom.